The van der Waals surface area contributed by atoms with Gasteiger partial charge in [-0.3, -0.25) is 0 Å². The number of hydrogen-bond donors (Lipinski definition) is 1. The monoisotopic (exact) mass is 211 g/mol. The van der Waals surface area contributed by atoms with E-state index in [9.17, 15) is 0 Å². The van der Waals surface area contributed by atoms with Crippen LogP contribution in [0.4, 0.5) is 0 Å². The molecular weight excluding hydrogens is 194 g/mol. The molecule has 0 saturated heterocycles. The van der Waals surface area contributed by atoms with Crippen molar-refractivity contribution in [2.24, 2.45) is 0 Å². The smallest absolute Gasteiger partial charge is 0.0951 e. The van der Waals surface area contributed by atoms with Gasteiger partial charge in [-0.25, -0.2) is 4.98 Å². The van der Waals surface area contributed by atoms with Crippen LogP contribution in [0.5, 0.6) is 0 Å². The highest BCUT2D eigenvalue weighted by Crippen LogP contribution is 2.35. The molecule has 1 saturated carbocycles. The molecule has 1 aliphatic rings. The summed E-state index contributed by atoms with van der Waals surface area (Å²) in [5, 5.41) is 3.43. The molecule has 1 fully saturated rings. The Morgan fingerprint density at radius 2 is 2.50 bits per heavy atom. The highest BCUT2D eigenvalue weighted by molar-refractivity contribution is 7.98. The predicted octanol–water partition coefficient (Wildman–Crippen LogP) is 1.67. The first kappa shape index (κ1) is 10.1. The maximum Gasteiger partial charge on any atom is 0.0951 e. The van der Waals surface area contributed by atoms with Gasteiger partial charge in [0.15, 0.2) is 0 Å². The molecule has 4 heteroatoms. The van der Waals surface area contributed by atoms with Gasteiger partial charge in [-0.1, -0.05) is 0 Å². The Balaban J connectivity index is 1.80. The molecule has 3 nitrogen and oxygen atoms in total. The second-order valence-electron chi connectivity index (χ2n) is 3.69. The highest BCUT2D eigenvalue weighted by Gasteiger charge is 2.24. The third kappa shape index (κ3) is 2.51. The topological polar surface area (TPSA) is 29.9 Å². The molecule has 0 aliphatic heterocycles. The Kier molecular flexibility index (Phi) is 3.48. The fraction of sp³-hybridized carbons (Fsp3) is 0.700. The summed E-state index contributed by atoms with van der Waals surface area (Å²) in [5.41, 5.74) is 1.33. The van der Waals surface area contributed by atoms with Gasteiger partial charge in [0, 0.05) is 31.1 Å². The Labute approximate surface area is 89.3 Å². The van der Waals surface area contributed by atoms with E-state index in [4.69, 9.17) is 0 Å². The van der Waals surface area contributed by atoms with Gasteiger partial charge in [-0.05, 0) is 19.1 Å². The van der Waals surface area contributed by atoms with Gasteiger partial charge in [0.05, 0.1) is 12.0 Å². The second-order valence-corrected chi connectivity index (χ2v) is 4.68. The Morgan fingerprint density at radius 3 is 3.21 bits per heavy atom. The molecule has 1 aromatic rings. The minimum atomic E-state index is 0.745. The first-order chi connectivity index (χ1) is 6.92. The standard InChI is InChI=1S/C10H17N3S/c1-14-5-4-11-6-10-7-12-8-13(10)9-2-3-9/h7-9,11H,2-6H2,1H3. The van der Waals surface area contributed by atoms with Crippen molar-refractivity contribution in [2.75, 3.05) is 18.6 Å². The summed E-state index contributed by atoms with van der Waals surface area (Å²) in [6.45, 7) is 2.04. The lowest BCUT2D eigenvalue weighted by Crippen LogP contribution is -2.18. The van der Waals surface area contributed by atoms with E-state index in [0.29, 0.717) is 0 Å². The van der Waals surface area contributed by atoms with E-state index in [1.54, 1.807) is 0 Å². The van der Waals surface area contributed by atoms with Crippen LogP contribution in [-0.4, -0.2) is 28.1 Å². The normalized spacial score (nSPS) is 16.1. The number of nitrogens with one attached hydrogen (secondary N) is 1. The number of imidazole rings is 1. The fourth-order valence-electron chi connectivity index (χ4n) is 1.54. The number of nitrogens with zero attached hydrogens (tertiary/aromatic N) is 2. The molecule has 0 unspecified atom stereocenters. The maximum atomic E-state index is 4.20. The SMILES string of the molecule is CSCCNCc1cncn1C1CC1. The van der Waals surface area contributed by atoms with Crippen LogP contribution in [0.3, 0.4) is 0 Å². The highest BCUT2D eigenvalue weighted by atomic mass is 32.2. The van der Waals surface area contributed by atoms with Gasteiger partial charge in [0.1, 0.15) is 0 Å². The van der Waals surface area contributed by atoms with E-state index in [1.807, 2.05) is 24.3 Å². The van der Waals surface area contributed by atoms with Crippen molar-refractivity contribution in [2.45, 2.75) is 25.4 Å². The van der Waals surface area contributed by atoms with Crippen LogP contribution in [0.25, 0.3) is 0 Å². The first-order valence-corrected chi connectivity index (χ1v) is 6.51. The molecule has 78 valence electrons. The van der Waals surface area contributed by atoms with Gasteiger partial charge in [0.25, 0.3) is 0 Å². The third-order valence-electron chi connectivity index (χ3n) is 2.48. The molecule has 14 heavy (non-hydrogen) atoms. The Morgan fingerprint density at radius 1 is 1.64 bits per heavy atom. The zero-order chi connectivity index (χ0) is 9.80. The molecule has 1 aliphatic carbocycles. The third-order valence-corrected chi connectivity index (χ3v) is 3.09. The van der Waals surface area contributed by atoms with Gasteiger partial charge in [-0.15, -0.1) is 0 Å². The maximum absolute atomic E-state index is 4.20. The second kappa shape index (κ2) is 4.84. The van der Waals surface area contributed by atoms with Gasteiger partial charge in [-0.2, -0.15) is 11.8 Å². The zero-order valence-electron chi connectivity index (χ0n) is 8.57. The minimum Gasteiger partial charge on any atom is -0.330 e. The molecule has 0 radical (unpaired) electrons. The van der Waals surface area contributed by atoms with Crippen molar-refractivity contribution in [1.29, 1.82) is 0 Å². The van der Waals surface area contributed by atoms with Crippen LogP contribution >= 0.6 is 11.8 Å². The van der Waals surface area contributed by atoms with Gasteiger partial charge in [0.2, 0.25) is 0 Å². The molecule has 0 aromatic carbocycles. The molecule has 2 rings (SSSR count). The van der Waals surface area contributed by atoms with E-state index < -0.39 is 0 Å². The fourth-order valence-corrected chi connectivity index (χ4v) is 1.89. The van der Waals surface area contributed by atoms with Crippen LogP contribution in [0.2, 0.25) is 0 Å². The van der Waals surface area contributed by atoms with E-state index in [-0.39, 0.29) is 0 Å². The van der Waals surface area contributed by atoms with Crippen molar-refractivity contribution >= 4 is 11.8 Å². The number of rotatable bonds is 6. The average molecular weight is 211 g/mol. The average Bonchev–Trinajstić information content (AvgIpc) is 2.94. The van der Waals surface area contributed by atoms with E-state index in [1.165, 1.54) is 24.3 Å². The zero-order valence-corrected chi connectivity index (χ0v) is 9.39. The number of aromatic nitrogens is 2. The molecule has 1 heterocycles. The van der Waals surface area contributed by atoms with Crippen LogP contribution in [0.1, 0.15) is 24.6 Å². The van der Waals surface area contributed by atoms with Crippen molar-refractivity contribution in [3.8, 4) is 0 Å². The lowest BCUT2D eigenvalue weighted by Gasteiger charge is -2.07. The lowest BCUT2D eigenvalue weighted by atomic mass is 10.4. The van der Waals surface area contributed by atoms with Gasteiger partial charge < -0.3 is 9.88 Å². The minimum absolute atomic E-state index is 0.745. The predicted molar refractivity (Wildman–Crippen MR) is 60.6 cm³/mol. The summed E-state index contributed by atoms with van der Waals surface area (Å²) in [7, 11) is 0. The van der Waals surface area contributed by atoms with E-state index in [2.05, 4.69) is 21.1 Å². The van der Waals surface area contributed by atoms with Crippen molar-refractivity contribution < 1.29 is 0 Å². The van der Waals surface area contributed by atoms with Crippen molar-refractivity contribution in [1.82, 2.24) is 14.9 Å². The van der Waals surface area contributed by atoms with Gasteiger partial charge >= 0.3 is 0 Å². The number of hydrogen-bond acceptors (Lipinski definition) is 3. The molecule has 0 atom stereocenters. The Hall–Kier alpha value is -0.480. The molecule has 1 N–H and O–H groups in total. The lowest BCUT2D eigenvalue weighted by molar-refractivity contribution is 0.637. The summed E-state index contributed by atoms with van der Waals surface area (Å²) in [5.74, 6) is 1.18. The van der Waals surface area contributed by atoms with Crippen LogP contribution in [0.15, 0.2) is 12.5 Å². The summed E-state index contributed by atoms with van der Waals surface area (Å²) in [6.07, 6.45) is 8.73. The van der Waals surface area contributed by atoms with Crippen molar-refractivity contribution in [3.05, 3.63) is 18.2 Å². The van der Waals surface area contributed by atoms with E-state index >= 15 is 0 Å². The molecular formula is C10H17N3S. The van der Waals surface area contributed by atoms with Crippen LogP contribution in [0, 0.1) is 0 Å². The largest absolute Gasteiger partial charge is 0.330 e. The summed E-state index contributed by atoms with van der Waals surface area (Å²) in [4.78, 5) is 4.20. The van der Waals surface area contributed by atoms with Crippen LogP contribution in [-0.2, 0) is 6.54 Å². The Bertz CT molecular complexity index is 281. The van der Waals surface area contributed by atoms with Crippen LogP contribution < -0.4 is 5.32 Å². The summed E-state index contributed by atoms with van der Waals surface area (Å²) < 4.78 is 2.31. The molecule has 0 spiro atoms. The summed E-state index contributed by atoms with van der Waals surface area (Å²) >= 11 is 1.88. The molecule has 0 amide bonds. The molecule has 0 bridgehead atoms. The number of thioether (sulfide) groups is 1. The first-order valence-electron chi connectivity index (χ1n) is 5.12. The molecule has 1 aromatic heterocycles. The summed E-state index contributed by atoms with van der Waals surface area (Å²) in [6, 6.07) is 0.745. The quantitative estimate of drug-likeness (QED) is 0.726. The van der Waals surface area contributed by atoms with Crippen molar-refractivity contribution in [3.63, 3.8) is 0 Å². The van der Waals surface area contributed by atoms with E-state index in [0.717, 1.165) is 19.1 Å².